The lowest BCUT2D eigenvalue weighted by molar-refractivity contribution is 0.306. The van der Waals surface area contributed by atoms with E-state index in [9.17, 15) is 4.39 Å². The van der Waals surface area contributed by atoms with Crippen molar-refractivity contribution in [1.29, 1.82) is 0 Å². The van der Waals surface area contributed by atoms with E-state index in [4.69, 9.17) is 4.74 Å². The summed E-state index contributed by atoms with van der Waals surface area (Å²) in [5.74, 6) is 1.90. The second-order valence-corrected chi connectivity index (χ2v) is 8.32. The number of para-hydroxylation sites is 1. The first-order valence-corrected chi connectivity index (χ1v) is 11.8. The molecule has 4 aromatic rings. The molecule has 8 nitrogen and oxygen atoms in total. The Hall–Kier alpha value is -4.53. The molecule has 0 saturated carbocycles. The van der Waals surface area contributed by atoms with E-state index in [1.165, 1.54) is 12.1 Å². The van der Waals surface area contributed by atoms with Crippen molar-refractivity contribution in [2.75, 3.05) is 28.7 Å². The summed E-state index contributed by atoms with van der Waals surface area (Å²) < 4.78 is 18.8. The Morgan fingerprint density at radius 3 is 2.33 bits per heavy atom. The molecule has 3 aromatic carbocycles. The van der Waals surface area contributed by atoms with Gasteiger partial charge in [-0.25, -0.2) is 9.82 Å². The molecule has 1 aliphatic rings. The molecule has 1 fully saturated rings. The van der Waals surface area contributed by atoms with Gasteiger partial charge in [-0.1, -0.05) is 30.3 Å². The maximum atomic E-state index is 13.0. The minimum atomic E-state index is -0.260. The van der Waals surface area contributed by atoms with Crippen molar-refractivity contribution in [2.24, 2.45) is 5.10 Å². The minimum absolute atomic E-state index is 0.260. The van der Waals surface area contributed by atoms with Crippen molar-refractivity contribution in [1.82, 2.24) is 15.0 Å². The molecule has 0 unspecified atom stereocenters. The van der Waals surface area contributed by atoms with Crippen LogP contribution in [0.5, 0.6) is 5.75 Å². The molecule has 182 valence electrons. The zero-order valence-corrected chi connectivity index (χ0v) is 19.6. The lowest BCUT2D eigenvalue weighted by Crippen LogP contribution is -2.21. The molecule has 0 atom stereocenters. The third-order valence-electron chi connectivity index (χ3n) is 5.62. The van der Waals surface area contributed by atoms with Crippen LogP contribution >= 0.6 is 0 Å². The Morgan fingerprint density at radius 1 is 0.861 bits per heavy atom. The monoisotopic (exact) mass is 483 g/mol. The normalized spacial score (nSPS) is 13.2. The predicted molar refractivity (Wildman–Crippen MR) is 139 cm³/mol. The summed E-state index contributed by atoms with van der Waals surface area (Å²) in [6.45, 7) is 2.22. The lowest BCUT2D eigenvalue weighted by atomic mass is 10.2. The van der Waals surface area contributed by atoms with E-state index in [1.807, 2.05) is 54.6 Å². The van der Waals surface area contributed by atoms with Gasteiger partial charge in [-0.15, -0.1) is 0 Å². The second kappa shape index (κ2) is 11.3. The summed E-state index contributed by atoms with van der Waals surface area (Å²) in [4.78, 5) is 15.8. The number of aromatic nitrogens is 3. The van der Waals surface area contributed by atoms with Gasteiger partial charge in [0, 0.05) is 18.8 Å². The molecule has 2 N–H and O–H groups in total. The summed E-state index contributed by atoms with van der Waals surface area (Å²) in [5, 5.41) is 7.54. The van der Waals surface area contributed by atoms with Crippen molar-refractivity contribution < 1.29 is 9.13 Å². The molecule has 0 spiro atoms. The van der Waals surface area contributed by atoms with Crippen LogP contribution < -0.4 is 20.4 Å². The fourth-order valence-corrected chi connectivity index (χ4v) is 3.74. The second-order valence-electron chi connectivity index (χ2n) is 8.32. The lowest BCUT2D eigenvalue weighted by Gasteiger charge is -2.16. The highest BCUT2D eigenvalue weighted by molar-refractivity contribution is 5.80. The molecule has 1 aromatic heterocycles. The zero-order chi connectivity index (χ0) is 24.6. The molecular formula is C27H26FN7O. The number of nitrogens with zero attached hydrogens (tertiary/aromatic N) is 5. The summed E-state index contributed by atoms with van der Waals surface area (Å²) in [6.07, 6.45) is 3.93. The fraction of sp³-hybridized carbons (Fsp3) is 0.185. The molecule has 0 bridgehead atoms. The highest BCUT2D eigenvalue weighted by Crippen LogP contribution is 2.21. The number of hydrogen-bond acceptors (Lipinski definition) is 8. The maximum absolute atomic E-state index is 13.0. The molecule has 0 radical (unpaired) electrons. The summed E-state index contributed by atoms with van der Waals surface area (Å²) in [6, 6.07) is 23.6. The molecule has 0 amide bonds. The van der Waals surface area contributed by atoms with Crippen molar-refractivity contribution in [3.05, 3.63) is 95.8 Å². The molecule has 2 heterocycles. The van der Waals surface area contributed by atoms with Crippen LogP contribution in [-0.4, -0.2) is 34.3 Å². The molecule has 1 saturated heterocycles. The molecule has 1 aliphatic heterocycles. The van der Waals surface area contributed by atoms with E-state index in [0.29, 0.717) is 30.2 Å². The van der Waals surface area contributed by atoms with Crippen LogP contribution in [0.25, 0.3) is 0 Å². The Balaban J connectivity index is 1.23. The van der Waals surface area contributed by atoms with E-state index in [1.54, 1.807) is 18.3 Å². The first-order valence-electron chi connectivity index (χ1n) is 11.8. The summed E-state index contributed by atoms with van der Waals surface area (Å²) >= 11 is 0. The molecule has 36 heavy (non-hydrogen) atoms. The van der Waals surface area contributed by atoms with Crippen LogP contribution in [-0.2, 0) is 6.61 Å². The van der Waals surface area contributed by atoms with Gasteiger partial charge in [0.15, 0.2) is 0 Å². The third-order valence-corrected chi connectivity index (χ3v) is 5.62. The van der Waals surface area contributed by atoms with E-state index < -0.39 is 0 Å². The summed E-state index contributed by atoms with van der Waals surface area (Å²) in [5.41, 5.74) is 5.61. The first kappa shape index (κ1) is 23.2. The summed E-state index contributed by atoms with van der Waals surface area (Å²) in [7, 11) is 0. The highest BCUT2D eigenvalue weighted by Gasteiger charge is 2.17. The van der Waals surface area contributed by atoms with Crippen LogP contribution in [0.15, 0.2) is 84.0 Å². The average Bonchev–Trinajstić information content (AvgIpc) is 3.45. The highest BCUT2D eigenvalue weighted by atomic mass is 19.1. The topological polar surface area (TPSA) is 87.6 Å². The average molecular weight is 484 g/mol. The van der Waals surface area contributed by atoms with E-state index in [-0.39, 0.29) is 5.82 Å². The van der Waals surface area contributed by atoms with Crippen LogP contribution in [0.3, 0.4) is 0 Å². The zero-order valence-electron chi connectivity index (χ0n) is 19.6. The quantitative estimate of drug-likeness (QED) is 0.244. The Bertz CT molecular complexity index is 1290. The molecular weight excluding hydrogens is 457 g/mol. The van der Waals surface area contributed by atoms with Gasteiger partial charge in [-0.3, -0.25) is 0 Å². The SMILES string of the molecule is Fc1ccc(COc2ccc(/C=N/Nc3nc(Nc4ccccc4)nc(N4CCCC4)n3)cc2)cc1. The third kappa shape index (κ3) is 6.32. The number of halogens is 1. The van der Waals surface area contributed by atoms with Gasteiger partial charge in [-0.2, -0.15) is 20.1 Å². The van der Waals surface area contributed by atoms with Gasteiger partial charge in [-0.05, 0) is 72.5 Å². The predicted octanol–water partition coefficient (Wildman–Crippen LogP) is 5.38. The van der Waals surface area contributed by atoms with Crippen LogP contribution in [0.4, 0.5) is 27.9 Å². The van der Waals surface area contributed by atoms with Gasteiger partial charge < -0.3 is 15.0 Å². The molecule has 5 rings (SSSR count). The number of anilines is 4. The van der Waals surface area contributed by atoms with Crippen LogP contribution in [0, 0.1) is 5.82 Å². The largest absolute Gasteiger partial charge is 0.489 e. The Labute approximate surface area is 208 Å². The smallest absolute Gasteiger partial charge is 0.250 e. The number of benzene rings is 3. The van der Waals surface area contributed by atoms with Crippen molar-refractivity contribution >= 4 is 29.7 Å². The Kier molecular flexibility index (Phi) is 7.27. The Morgan fingerprint density at radius 2 is 1.58 bits per heavy atom. The standard InChI is InChI=1S/C27H26FN7O/c28-22-12-8-21(9-13-22)19-36-24-14-10-20(11-15-24)18-29-34-26-31-25(30-23-6-2-1-3-7-23)32-27(33-26)35-16-4-5-17-35/h1-3,6-15,18H,4-5,16-17,19H2,(H2,30,31,32,33,34)/b29-18+. The number of nitrogens with one attached hydrogen (secondary N) is 2. The van der Waals surface area contributed by atoms with Gasteiger partial charge >= 0.3 is 0 Å². The van der Waals surface area contributed by atoms with Crippen molar-refractivity contribution in [3.63, 3.8) is 0 Å². The van der Waals surface area contributed by atoms with Crippen molar-refractivity contribution in [3.8, 4) is 5.75 Å². The number of hydrogen-bond donors (Lipinski definition) is 2. The van der Waals surface area contributed by atoms with Crippen molar-refractivity contribution in [2.45, 2.75) is 19.4 Å². The minimum Gasteiger partial charge on any atom is -0.489 e. The number of hydrazone groups is 1. The fourth-order valence-electron chi connectivity index (χ4n) is 3.74. The maximum Gasteiger partial charge on any atom is 0.250 e. The van der Waals surface area contributed by atoms with Gasteiger partial charge in [0.2, 0.25) is 17.8 Å². The van der Waals surface area contributed by atoms with Gasteiger partial charge in [0.25, 0.3) is 0 Å². The van der Waals surface area contributed by atoms with E-state index in [2.05, 4.69) is 35.7 Å². The van der Waals surface area contributed by atoms with Gasteiger partial charge in [0.1, 0.15) is 18.2 Å². The molecule has 0 aliphatic carbocycles. The first-order chi connectivity index (χ1) is 17.7. The molecule has 9 heteroatoms. The van der Waals surface area contributed by atoms with Crippen LogP contribution in [0.1, 0.15) is 24.0 Å². The van der Waals surface area contributed by atoms with E-state index >= 15 is 0 Å². The van der Waals surface area contributed by atoms with Gasteiger partial charge in [0.05, 0.1) is 6.21 Å². The van der Waals surface area contributed by atoms with Crippen LogP contribution in [0.2, 0.25) is 0 Å². The van der Waals surface area contributed by atoms with E-state index in [0.717, 1.165) is 42.7 Å². The number of rotatable bonds is 9. The number of ether oxygens (including phenoxy) is 1.